The van der Waals surface area contributed by atoms with E-state index in [4.69, 9.17) is 0 Å². The van der Waals surface area contributed by atoms with Crippen molar-refractivity contribution in [2.75, 3.05) is 14.9 Å². The summed E-state index contributed by atoms with van der Waals surface area (Å²) in [6, 6.07) is 11.4. The zero-order valence-corrected chi connectivity index (χ0v) is 18.4. The molecular formula is C21H18N4O5S2. The lowest BCUT2D eigenvalue weighted by atomic mass is 10.1. The second-order valence-electron chi connectivity index (χ2n) is 7.04. The number of Topliss-reactive ketones (excluding diaryl/α,β-unsaturated/α-hetero) is 1. The van der Waals surface area contributed by atoms with Gasteiger partial charge in [0, 0.05) is 22.8 Å². The van der Waals surface area contributed by atoms with Crippen molar-refractivity contribution < 1.29 is 22.8 Å². The second kappa shape index (κ2) is 8.52. The summed E-state index contributed by atoms with van der Waals surface area (Å²) >= 11 is 1.16. The molecule has 1 fully saturated rings. The fourth-order valence-corrected chi connectivity index (χ4v) is 5.05. The molecule has 32 heavy (non-hydrogen) atoms. The van der Waals surface area contributed by atoms with Crippen LogP contribution in [0.5, 0.6) is 0 Å². The number of hydrogen-bond acceptors (Lipinski definition) is 8. The number of anilines is 3. The van der Waals surface area contributed by atoms with Gasteiger partial charge in [0.2, 0.25) is 5.91 Å². The maximum absolute atomic E-state index is 12.9. The van der Waals surface area contributed by atoms with Crippen LogP contribution in [-0.2, 0) is 19.6 Å². The van der Waals surface area contributed by atoms with Crippen molar-refractivity contribution in [1.29, 1.82) is 0 Å². The Hall–Kier alpha value is -3.57. The molecule has 0 radical (unpaired) electrons. The van der Waals surface area contributed by atoms with Gasteiger partial charge in [-0.15, -0.1) is 11.3 Å². The van der Waals surface area contributed by atoms with Crippen LogP contribution in [-0.4, -0.2) is 37.0 Å². The van der Waals surface area contributed by atoms with Crippen LogP contribution in [0.4, 0.5) is 16.5 Å². The summed E-state index contributed by atoms with van der Waals surface area (Å²) in [7, 11) is -3.79. The Labute approximate surface area is 188 Å². The molecule has 0 aliphatic carbocycles. The zero-order chi connectivity index (χ0) is 22.9. The summed E-state index contributed by atoms with van der Waals surface area (Å²) in [6.07, 6.45) is 1.43. The van der Waals surface area contributed by atoms with Crippen LogP contribution < -0.4 is 14.9 Å². The lowest BCUT2D eigenvalue weighted by molar-refractivity contribution is -0.121. The maximum atomic E-state index is 12.9. The minimum Gasteiger partial charge on any atom is -0.373 e. The van der Waals surface area contributed by atoms with E-state index in [1.165, 1.54) is 43.5 Å². The van der Waals surface area contributed by atoms with Crippen molar-refractivity contribution >= 4 is 55.5 Å². The first-order valence-electron chi connectivity index (χ1n) is 9.51. The molecule has 9 nitrogen and oxygen atoms in total. The van der Waals surface area contributed by atoms with Crippen LogP contribution in [0, 0.1) is 0 Å². The summed E-state index contributed by atoms with van der Waals surface area (Å²) in [6.45, 7) is 1.41. The van der Waals surface area contributed by atoms with Crippen molar-refractivity contribution in [1.82, 2.24) is 4.98 Å². The molecule has 0 unspecified atom stereocenters. The van der Waals surface area contributed by atoms with E-state index in [2.05, 4.69) is 15.0 Å². The zero-order valence-electron chi connectivity index (χ0n) is 16.8. The number of rotatable bonds is 7. The monoisotopic (exact) mass is 470 g/mol. The lowest BCUT2D eigenvalue weighted by Gasteiger charge is -2.17. The number of ketones is 1. The first-order valence-corrected chi connectivity index (χ1v) is 11.9. The van der Waals surface area contributed by atoms with Gasteiger partial charge in [-0.2, -0.15) is 0 Å². The van der Waals surface area contributed by atoms with E-state index >= 15 is 0 Å². The highest BCUT2D eigenvalue weighted by molar-refractivity contribution is 7.93. The van der Waals surface area contributed by atoms with E-state index in [0.29, 0.717) is 16.9 Å². The van der Waals surface area contributed by atoms with Crippen molar-refractivity contribution in [3.8, 4) is 0 Å². The second-order valence-corrected chi connectivity index (χ2v) is 9.62. The van der Waals surface area contributed by atoms with Gasteiger partial charge in [0.1, 0.15) is 6.04 Å². The Morgan fingerprint density at radius 1 is 1.16 bits per heavy atom. The first-order chi connectivity index (χ1) is 15.2. The molecule has 2 N–H and O–H groups in total. The Morgan fingerprint density at radius 2 is 1.91 bits per heavy atom. The van der Waals surface area contributed by atoms with Crippen LogP contribution in [0.2, 0.25) is 0 Å². The molecule has 3 aromatic rings. The van der Waals surface area contributed by atoms with Gasteiger partial charge in [-0.3, -0.25) is 19.1 Å². The molecule has 1 aliphatic rings. The number of aromatic nitrogens is 1. The summed E-state index contributed by atoms with van der Waals surface area (Å²) < 4.78 is 27.2. The van der Waals surface area contributed by atoms with Crippen molar-refractivity contribution in [3.05, 3.63) is 65.7 Å². The molecular weight excluding hydrogens is 452 g/mol. The minimum absolute atomic E-state index is 0.0368. The highest BCUT2D eigenvalue weighted by Gasteiger charge is 2.39. The fourth-order valence-electron chi connectivity index (χ4n) is 3.26. The molecule has 1 aliphatic heterocycles. The third kappa shape index (κ3) is 4.39. The van der Waals surface area contributed by atoms with Gasteiger partial charge < -0.3 is 5.32 Å². The number of nitrogens with one attached hydrogen (secondary N) is 2. The normalized spacial score (nSPS) is 16.3. The molecule has 2 heterocycles. The molecule has 1 atom stereocenters. The predicted molar refractivity (Wildman–Crippen MR) is 120 cm³/mol. The van der Waals surface area contributed by atoms with Crippen LogP contribution in [0.3, 0.4) is 0 Å². The van der Waals surface area contributed by atoms with Gasteiger partial charge in [0.05, 0.1) is 17.0 Å². The standard InChI is InChI=1S/C21H18N4O5S2/c1-13(26)14-3-2-4-16(11-14)25-19(27)12-18(20(25)28)23-15-5-7-17(8-6-15)32(29,30)24-21-22-9-10-31-21/h2-11,18,23H,12H2,1H3,(H,22,24)/t18-/m1/s1. The average molecular weight is 471 g/mol. The molecule has 1 saturated heterocycles. The summed E-state index contributed by atoms with van der Waals surface area (Å²) in [4.78, 5) is 42.0. The number of sulfonamides is 1. The van der Waals surface area contributed by atoms with Crippen LogP contribution in [0.1, 0.15) is 23.7 Å². The molecule has 0 saturated carbocycles. The van der Waals surface area contributed by atoms with Gasteiger partial charge in [-0.05, 0) is 43.3 Å². The summed E-state index contributed by atoms with van der Waals surface area (Å²) in [5.74, 6) is -1.00. The van der Waals surface area contributed by atoms with Crippen LogP contribution in [0.15, 0.2) is 65.0 Å². The largest absolute Gasteiger partial charge is 0.373 e. The van der Waals surface area contributed by atoms with Gasteiger partial charge >= 0.3 is 0 Å². The Bertz CT molecular complexity index is 1290. The van der Waals surface area contributed by atoms with Crippen molar-refractivity contribution in [2.45, 2.75) is 24.3 Å². The van der Waals surface area contributed by atoms with Crippen LogP contribution >= 0.6 is 11.3 Å². The fraction of sp³-hybridized carbons (Fsp3) is 0.143. The number of benzene rings is 2. The highest BCUT2D eigenvalue weighted by atomic mass is 32.2. The smallest absolute Gasteiger partial charge is 0.263 e. The summed E-state index contributed by atoms with van der Waals surface area (Å²) in [5.41, 5.74) is 1.23. The molecule has 11 heteroatoms. The quantitative estimate of drug-likeness (QED) is 0.402. The van der Waals surface area contributed by atoms with Crippen molar-refractivity contribution in [3.63, 3.8) is 0 Å². The van der Waals surface area contributed by atoms with E-state index in [1.807, 2.05) is 0 Å². The minimum atomic E-state index is -3.79. The Kier molecular flexibility index (Phi) is 5.76. The third-order valence-electron chi connectivity index (χ3n) is 4.82. The molecule has 2 amide bonds. The SMILES string of the molecule is CC(=O)c1cccc(N2C(=O)C[C@@H](Nc3ccc(S(=O)(=O)Nc4nccs4)cc3)C2=O)c1. The average Bonchev–Trinajstić information content (AvgIpc) is 3.35. The van der Waals surface area contributed by atoms with E-state index in [9.17, 15) is 22.8 Å². The van der Waals surface area contributed by atoms with E-state index < -0.39 is 22.0 Å². The Morgan fingerprint density at radius 3 is 2.56 bits per heavy atom. The van der Waals surface area contributed by atoms with Gasteiger partial charge in [0.15, 0.2) is 10.9 Å². The number of hydrogen-bond donors (Lipinski definition) is 2. The lowest BCUT2D eigenvalue weighted by Crippen LogP contribution is -2.34. The number of nitrogens with zero attached hydrogens (tertiary/aromatic N) is 2. The molecule has 2 aromatic carbocycles. The summed E-state index contributed by atoms with van der Waals surface area (Å²) in [5, 5.41) is 4.90. The molecule has 0 spiro atoms. The topological polar surface area (TPSA) is 126 Å². The molecule has 0 bridgehead atoms. The predicted octanol–water partition coefficient (Wildman–Crippen LogP) is 2.89. The number of carbonyl (C=O) groups is 3. The maximum Gasteiger partial charge on any atom is 0.263 e. The number of amides is 2. The number of carbonyl (C=O) groups excluding carboxylic acids is 3. The van der Waals surface area contributed by atoms with E-state index in [0.717, 1.165) is 16.2 Å². The van der Waals surface area contributed by atoms with Crippen molar-refractivity contribution in [2.24, 2.45) is 0 Å². The molecule has 4 rings (SSSR count). The van der Waals surface area contributed by atoms with Gasteiger partial charge in [-0.25, -0.2) is 18.3 Å². The molecule has 164 valence electrons. The van der Waals surface area contributed by atoms with E-state index in [1.54, 1.807) is 23.6 Å². The Balaban J connectivity index is 1.48. The number of imide groups is 1. The highest BCUT2D eigenvalue weighted by Crippen LogP contribution is 2.26. The number of thiazole rings is 1. The first kappa shape index (κ1) is 21.7. The molecule has 1 aromatic heterocycles. The van der Waals surface area contributed by atoms with E-state index in [-0.39, 0.29) is 28.1 Å². The third-order valence-corrected chi connectivity index (χ3v) is 6.99. The van der Waals surface area contributed by atoms with Crippen LogP contribution in [0.25, 0.3) is 0 Å². The van der Waals surface area contributed by atoms with Gasteiger partial charge in [0.25, 0.3) is 15.9 Å². The van der Waals surface area contributed by atoms with Gasteiger partial charge in [-0.1, -0.05) is 12.1 Å².